The summed E-state index contributed by atoms with van der Waals surface area (Å²) in [7, 11) is -0.937. The molecule has 8 nitrogen and oxygen atoms in total. The molecule has 0 spiro atoms. The lowest BCUT2D eigenvalue weighted by molar-refractivity contribution is 0.0939. The van der Waals surface area contributed by atoms with E-state index in [1.54, 1.807) is 44.9 Å². The molecule has 4 aromatic heterocycles. The first-order valence-corrected chi connectivity index (χ1v) is 14.2. The number of thiophene rings is 1. The Morgan fingerprint density at radius 3 is 2.68 bits per heavy atom. The van der Waals surface area contributed by atoms with Gasteiger partial charge in [0.15, 0.2) is 0 Å². The monoisotopic (exact) mass is 498 g/mol. The standard InChI is InChI=1S/C24H27N4O4PS/c1-13(2)26-22(29)17-10-15-16(12-28(4)24(30)20(15)27-17)21-18(11-19(34-21)33(5,6)31)32-23-14(3)8-7-9-25-23/h7-13,27H,1-6H3,(H,26,29). The number of carbonyl (C=O) groups excluding carboxylic acids is 1. The molecule has 4 rings (SSSR count). The molecule has 0 aliphatic carbocycles. The fraction of sp³-hybridized carbons (Fsp3) is 0.292. The molecular formula is C24H27N4O4PS. The van der Waals surface area contributed by atoms with Crippen molar-refractivity contribution in [3.05, 3.63) is 58.3 Å². The quantitative estimate of drug-likeness (QED) is 0.382. The van der Waals surface area contributed by atoms with Gasteiger partial charge in [-0.05, 0) is 46.2 Å². The summed E-state index contributed by atoms with van der Waals surface area (Å²) in [5.74, 6) is 0.653. The zero-order valence-corrected chi connectivity index (χ0v) is 21.6. The van der Waals surface area contributed by atoms with E-state index in [0.717, 1.165) is 5.56 Å². The van der Waals surface area contributed by atoms with Crippen molar-refractivity contribution in [3.63, 3.8) is 0 Å². The molecule has 2 N–H and O–H groups in total. The van der Waals surface area contributed by atoms with Gasteiger partial charge in [-0.2, -0.15) is 0 Å². The number of nitrogens with zero attached hydrogens (tertiary/aromatic N) is 2. The molecule has 10 heteroatoms. The van der Waals surface area contributed by atoms with Gasteiger partial charge in [0.2, 0.25) is 5.88 Å². The summed E-state index contributed by atoms with van der Waals surface area (Å²) >= 11 is 1.36. The summed E-state index contributed by atoms with van der Waals surface area (Å²) in [6.45, 7) is 9.05. The van der Waals surface area contributed by atoms with Gasteiger partial charge >= 0.3 is 0 Å². The fourth-order valence-corrected chi connectivity index (χ4v) is 5.98. The van der Waals surface area contributed by atoms with Gasteiger partial charge < -0.3 is 24.2 Å². The Balaban J connectivity index is 1.95. The predicted molar refractivity (Wildman–Crippen MR) is 138 cm³/mol. The van der Waals surface area contributed by atoms with Crippen molar-refractivity contribution in [2.24, 2.45) is 7.05 Å². The van der Waals surface area contributed by atoms with Crippen LogP contribution in [-0.4, -0.2) is 39.8 Å². The van der Waals surface area contributed by atoms with E-state index in [1.165, 1.54) is 15.9 Å². The lowest BCUT2D eigenvalue weighted by Crippen LogP contribution is -2.30. The third-order valence-corrected chi connectivity index (χ3v) is 8.99. The minimum Gasteiger partial charge on any atom is -0.437 e. The maximum absolute atomic E-state index is 12.9. The van der Waals surface area contributed by atoms with Gasteiger partial charge in [0, 0.05) is 48.1 Å². The topological polar surface area (TPSA) is 106 Å². The summed E-state index contributed by atoms with van der Waals surface area (Å²) in [6.07, 6.45) is 3.36. The number of nitrogens with one attached hydrogen (secondary N) is 2. The minimum atomic E-state index is -2.59. The Hall–Kier alpha value is -3.16. The van der Waals surface area contributed by atoms with E-state index in [4.69, 9.17) is 4.74 Å². The van der Waals surface area contributed by atoms with Gasteiger partial charge in [-0.3, -0.25) is 9.59 Å². The molecule has 0 bridgehead atoms. The van der Waals surface area contributed by atoms with Crippen LogP contribution in [0.2, 0.25) is 0 Å². The Morgan fingerprint density at radius 2 is 2.03 bits per heavy atom. The first kappa shape index (κ1) is 24.0. The SMILES string of the molecule is Cc1cccnc1Oc1cc(P(C)(C)=O)sc1-c1cn(C)c(=O)c2[nH]c(C(=O)NC(C)C)cc12. The molecule has 0 unspecified atom stereocenters. The smallest absolute Gasteiger partial charge is 0.274 e. The molecule has 0 fully saturated rings. The molecule has 0 radical (unpaired) electrons. The second kappa shape index (κ2) is 8.89. The zero-order valence-electron chi connectivity index (χ0n) is 19.9. The summed E-state index contributed by atoms with van der Waals surface area (Å²) in [5.41, 5.74) is 1.92. The number of H-pyrrole nitrogens is 1. The second-order valence-electron chi connectivity index (χ2n) is 8.92. The summed E-state index contributed by atoms with van der Waals surface area (Å²) < 4.78 is 21.3. The van der Waals surface area contributed by atoms with Gasteiger partial charge in [-0.15, -0.1) is 11.3 Å². The van der Waals surface area contributed by atoms with E-state index in [1.807, 2.05) is 32.9 Å². The Kier molecular flexibility index (Phi) is 6.27. The number of ether oxygens (including phenoxy) is 1. The molecule has 1 amide bonds. The summed E-state index contributed by atoms with van der Waals surface area (Å²) in [6, 6.07) is 7.14. The van der Waals surface area contributed by atoms with Gasteiger partial charge in [0.1, 0.15) is 24.1 Å². The average Bonchev–Trinajstić information content (AvgIpc) is 3.37. The number of aryl methyl sites for hydroxylation is 2. The predicted octanol–water partition coefficient (Wildman–Crippen LogP) is 4.48. The summed E-state index contributed by atoms with van der Waals surface area (Å²) in [5, 5.41) is 3.43. The number of aromatic amines is 1. The molecule has 0 aromatic carbocycles. The van der Waals surface area contributed by atoms with Crippen molar-refractivity contribution in [2.45, 2.75) is 26.8 Å². The molecule has 0 atom stereocenters. The number of fused-ring (bicyclic) bond motifs is 1. The van der Waals surface area contributed by atoms with Crippen molar-refractivity contribution in [2.75, 3.05) is 13.3 Å². The highest BCUT2D eigenvalue weighted by Crippen LogP contribution is 2.47. The average molecular weight is 499 g/mol. The molecule has 4 heterocycles. The minimum absolute atomic E-state index is 0.0501. The molecule has 4 aromatic rings. The zero-order chi connectivity index (χ0) is 24.8. The van der Waals surface area contributed by atoms with E-state index in [-0.39, 0.29) is 17.5 Å². The van der Waals surface area contributed by atoms with Crippen molar-refractivity contribution < 1.29 is 14.1 Å². The van der Waals surface area contributed by atoms with Crippen molar-refractivity contribution in [3.8, 4) is 22.1 Å². The van der Waals surface area contributed by atoms with Crippen LogP contribution in [0.25, 0.3) is 21.3 Å². The molecule has 0 saturated carbocycles. The number of hydrogen-bond donors (Lipinski definition) is 2. The molecule has 178 valence electrons. The van der Waals surface area contributed by atoms with Gasteiger partial charge in [0.05, 0.1) is 9.50 Å². The first-order valence-electron chi connectivity index (χ1n) is 10.8. The highest BCUT2D eigenvalue weighted by Gasteiger charge is 2.25. The van der Waals surface area contributed by atoms with Gasteiger partial charge in [-0.25, -0.2) is 4.98 Å². The van der Waals surface area contributed by atoms with Crippen LogP contribution in [0.5, 0.6) is 11.6 Å². The van der Waals surface area contributed by atoms with E-state index in [9.17, 15) is 14.2 Å². The molecule has 0 aliphatic heterocycles. The fourth-order valence-electron chi connectivity index (χ4n) is 3.55. The lowest BCUT2D eigenvalue weighted by Gasteiger charge is -2.10. The van der Waals surface area contributed by atoms with Crippen LogP contribution in [0, 0.1) is 6.92 Å². The van der Waals surface area contributed by atoms with Crippen molar-refractivity contribution in [1.82, 2.24) is 19.9 Å². The number of pyridine rings is 2. The maximum atomic E-state index is 12.9. The maximum Gasteiger partial charge on any atom is 0.274 e. The van der Waals surface area contributed by atoms with Crippen LogP contribution in [0.1, 0.15) is 29.9 Å². The second-order valence-corrected chi connectivity index (χ2v) is 13.5. The number of hydrogen-bond acceptors (Lipinski definition) is 6. The van der Waals surface area contributed by atoms with E-state index < -0.39 is 7.14 Å². The lowest BCUT2D eigenvalue weighted by atomic mass is 10.1. The number of aromatic nitrogens is 3. The molecule has 34 heavy (non-hydrogen) atoms. The van der Waals surface area contributed by atoms with Crippen molar-refractivity contribution >= 4 is 39.9 Å². The Morgan fingerprint density at radius 1 is 1.29 bits per heavy atom. The van der Waals surface area contributed by atoms with Gasteiger partial charge in [0.25, 0.3) is 11.5 Å². The number of amides is 1. The van der Waals surface area contributed by atoms with E-state index in [2.05, 4.69) is 15.3 Å². The van der Waals surface area contributed by atoms with Crippen LogP contribution in [0.3, 0.4) is 0 Å². The molecule has 0 saturated heterocycles. The van der Waals surface area contributed by atoms with Crippen LogP contribution in [-0.2, 0) is 11.6 Å². The number of rotatable bonds is 6. The van der Waals surface area contributed by atoms with Crippen molar-refractivity contribution in [1.29, 1.82) is 0 Å². The third kappa shape index (κ3) is 4.58. The Labute approximate surface area is 201 Å². The first-order chi connectivity index (χ1) is 16.0. The van der Waals surface area contributed by atoms with E-state index >= 15 is 0 Å². The van der Waals surface area contributed by atoms with Crippen LogP contribution in [0.15, 0.2) is 41.5 Å². The highest BCUT2D eigenvalue weighted by atomic mass is 32.1. The van der Waals surface area contributed by atoms with E-state index in [0.29, 0.717) is 43.3 Å². The number of carbonyl (C=O) groups is 1. The highest BCUT2D eigenvalue weighted by molar-refractivity contribution is 7.75. The van der Waals surface area contributed by atoms with Gasteiger partial charge in [-0.1, -0.05) is 6.07 Å². The van der Waals surface area contributed by atoms with Crippen LogP contribution >= 0.6 is 18.5 Å². The molecular weight excluding hydrogens is 471 g/mol. The van der Waals surface area contributed by atoms with Crippen LogP contribution in [0.4, 0.5) is 0 Å². The van der Waals surface area contributed by atoms with Crippen LogP contribution < -0.4 is 20.2 Å². The largest absolute Gasteiger partial charge is 0.437 e. The Bertz CT molecular complexity index is 1510. The normalized spacial score (nSPS) is 11.9. The third-order valence-electron chi connectivity index (χ3n) is 5.26. The summed E-state index contributed by atoms with van der Waals surface area (Å²) in [4.78, 5) is 33.5. The molecule has 0 aliphatic rings.